The van der Waals surface area contributed by atoms with E-state index in [0.717, 1.165) is 12.8 Å². The van der Waals surface area contributed by atoms with E-state index in [1.165, 1.54) is 0 Å². The summed E-state index contributed by atoms with van der Waals surface area (Å²) in [4.78, 5) is 0. The fourth-order valence-corrected chi connectivity index (χ4v) is 2.32. The minimum atomic E-state index is -0.522. The van der Waals surface area contributed by atoms with Crippen molar-refractivity contribution in [3.63, 3.8) is 0 Å². The van der Waals surface area contributed by atoms with Gasteiger partial charge in [-0.15, -0.1) is 0 Å². The van der Waals surface area contributed by atoms with Gasteiger partial charge < -0.3 is 25.4 Å². The van der Waals surface area contributed by atoms with Gasteiger partial charge in [-0.2, -0.15) is 0 Å². The van der Waals surface area contributed by atoms with Crippen LogP contribution >= 0.6 is 0 Å². The molecule has 5 heteroatoms. The van der Waals surface area contributed by atoms with E-state index in [9.17, 15) is 10.2 Å². The van der Waals surface area contributed by atoms with Gasteiger partial charge in [0.1, 0.15) is 0 Å². The highest BCUT2D eigenvalue weighted by Gasteiger charge is 2.40. The van der Waals surface area contributed by atoms with E-state index in [4.69, 9.17) is 15.2 Å². The van der Waals surface area contributed by atoms with Crippen LogP contribution in [0.4, 0.5) is 0 Å². The van der Waals surface area contributed by atoms with Crippen LogP contribution in [-0.2, 0) is 9.47 Å². The first-order chi connectivity index (χ1) is 9.47. The van der Waals surface area contributed by atoms with Crippen LogP contribution in [0.15, 0.2) is 24.4 Å². The van der Waals surface area contributed by atoms with Gasteiger partial charge in [0.2, 0.25) is 0 Å². The number of hydrogen-bond acceptors (Lipinski definition) is 5. The summed E-state index contributed by atoms with van der Waals surface area (Å²) in [6.07, 6.45) is 4.05. The van der Waals surface area contributed by atoms with Gasteiger partial charge in [-0.3, -0.25) is 0 Å². The molecule has 1 aliphatic heterocycles. The van der Waals surface area contributed by atoms with Crippen LogP contribution in [0.25, 0.3) is 0 Å². The van der Waals surface area contributed by atoms with E-state index in [2.05, 4.69) is 6.58 Å². The standard InChI is InChI=1S/C15H27NO4/c1-10(16)7-5-4-6-8-19-15-12(3)14(18)11(2)13(9-17)20-15/h5,7,11-15,17-18H,1,4,6,8-9,16H2,2-3H3/b7-5+/t11-,12+,13-,14+,15+/m0/s1. The second-order valence-electron chi connectivity index (χ2n) is 5.42. The van der Waals surface area contributed by atoms with Crippen LogP contribution in [0.5, 0.6) is 0 Å². The monoisotopic (exact) mass is 285 g/mol. The van der Waals surface area contributed by atoms with Crippen LogP contribution in [0.3, 0.4) is 0 Å². The molecule has 1 aliphatic rings. The summed E-state index contributed by atoms with van der Waals surface area (Å²) >= 11 is 0. The molecule has 0 amide bonds. The number of ether oxygens (including phenoxy) is 2. The van der Waals surface area contributed by atoms with Crippen molar-refractivity contribution in [2.45, 2.75) is 45.2 Å². The predicted octanol–water partition coefficient (Wildman–Crippen LogP) is 1.16. The summed E-state index contributed by atoms with van der Waals surface area (Å²) < 4.78 is 11.4. The lowest BCUT2D eigenvalue weighted by atomic mass is 9.86. The van der Waals surface area contributed by atoms with Gasteiger partial charge in [0.25, 0.3) is 0 Å². The third-order valence-electron chi connectivity index (χ3n) is 3.71. The molecular formula is C15H27NO4. The molecule has 0 aromatic heterocycles. The zero-order valence-corrected chi connectivity index (χ0v) is 12.4. The van der Waals surface area contributed by atoms with Crippen molar-refractivity contribution < 1.29 is 19.7 Å². The number of hydrogen-bond donors (Lipinski definition) is 3. The molecule has 0 spiro atoms. The van der Waals surface area contributed by atoms with E-state index in [-0.39, 0.29) is 24.5 Å². The van der Waals surface area contributed by atoms with Crippen LogP contribution in [-0.4, -0.2) is 41.9 Å². The molecule has 0 radical (unpaired) electrons. The molecule has 5 nitrogen and oxygen atoms in total. The lowest BCUT2D eigenvalue weighted by Gasteiger charge is -2.41. The van der Waals surface area contributed by atoms with Crippen LogP contribution in [0.1, 0.15) is 26.7 Å². The summed E-state index contributed by atoms with van der Waals surface area (Å²) in [7, 11) is 0. The lowest BCUT2D eigenvalue weighted by molar-refractivity contribution is -0.267. The van der Waals surface area contributed by atoms with E-state index in [0.29, 0.717) is 12.3 Å². The van der Waals surface area contributed by atoms with Gasteiger partial charge in [-0.05, 0) is 18.9 Å². The molecule has 1 heterocycles. The van der Waals surface area contributed by atoms with Gasteiger partial charge in [0, 0.05) is 17.5 Å². The molecule has 116 valence electrons. The maximum Gasteiger partial charge on any atom is 0.163 e. The number of nitrogens with two attached hydrogens (primary N) is 1. The Balaban J connectivity index is 2.33. The Morgan fingerprint density at radius 1 is 1.40 bits per heavy atom. The largest absolute Gasteiger partial charge is 0.399 e. The van der Waals surface area contributed by atoms with E-state index in [1.807, 2.05) is 19.9 Å². The average Bonchev–Trinajstić information content (AvgIpc) is 2.42. The summed E-state index contributed by atoms with van der Waals surface area (Å²) in [6, 6.07) is 0. The Labute approximate surface area is 121 Å². The molecule has 0 aromatic rings. The molecule has 4 N–H and O–H groups in total. The fourth-order valence-electron chi connectivity index (χ4n) is 2.32. The first-order valence-electron chi connectivity index (χ1n) is 7.14. The van der Waals surface area contributed by atoms with Gasteiger partial charge in [-0.1, -0.05) is 26.5 Å². The molecule has 0 aromatic carbocycles. The Hall–Kier alpha value is -0.880. The number of allylic oxidation sites excluding steroid dienone is 2. The molecule has 1 saturated heterocycles. The van der Waals surface area contributed by atoms with Crippen molar-refractivity contribution in [3.8, 4) is 0 Å². The molecule has 1 fully saturated rings. The van der Waals surface area contributed by atoms with Crippen LogP contribution in [0, 0.1) is 11.8 Å². The van der Waals surface area contributed by atoms with Gasteiger partial charge >= 0.3 is 0 Å². The molecular weight excluding hydrogens is 258 g/mol. The Kier molecular flexibility index (Phi) is 7.23. The van der Waals surface area contributed by atoms with Crippen molar-refractivity contribution in [2.24, 2.45) is 17.6 Å². The number of aliphatic hydroxyl groups excluding tert-OH is 2. The molecule has 0 aliphatic carbocycles. The molecule has 0 unspecified atom stereocenters. The summed E-state index contributed by atoms with van der Waals surface area (Å²) in [5.41, 5.74) is 5.96. The molecule has 5 atom stereocenters. The number of unbranched alkanes of at least 4 members (excludes halogenated alkanes) is 1. The van der Waals surface area contributed by atoms with Crippen molar-refractivity contribution in [3.05, 3.63) is 24.4 Å². The predicted molar refractivity (Wildman–Crippen MR) is 77.7 cm³/mol. The maximum atomic E-state index is 10.1. The normalized spacial score (nSPS) is 34.5. The first kappa shape index (κ1) is 17.2. The van der Waals surface area contributed by atoms with Crippen molar-refractivity contribution in [1.29, 1.82) is 0 Å². The summed E-state index contributed by atoms with van der Waals surface area (Å²) in [6.45, 7) is 7.79. The molecule has 0 saturated carbocycles. The average molecular weight is 285 g/mol. The van der Waals surface area contributed by atoms with Crippen molar-refractivity contribution >= 4 is 0 Å². The summed E-state index contributed by atoms with van der Waals surface area (Å²) in [5, 5.41) is 19.4. The zero-order valence-electron chi connectivity index (χ0n) is 12.4. The number of rotatable bonds is 7. The SMILES string of the molecule is C=C(N)/C=C/CCCO[C@@H]1O[C@@H](CO)[C@H](C)[C@@H](O)[C@H]1C. The quantitative estimate of drug-likeness (QED) is 0.483. The van der Waals surface area contributed by atoms with E-state index >= 15 is 0 Å². The Morgan fingerprint density at radius 2 is 2.10 bits per heavy atom. The second kappa shape index (κ2) is 8.42. The fraction of sp³-hybridized carbons (Fsp3) is 0.733. The highest BCUT2D eigenvalue weighted by molar-refractivity contribution is 5.09. The second-order valence-corrected chi connectivity index (χ2v) is 5.42. The third-order valence-corrected chi connectivity index (χ3v) is 3.71. The number of aliphatic hydroxyl groups is 2. The maximum absolute atomic E-state index is 10.1. The van der Waals surface area contributed by atoms with Crippen LogP contribution < -0.4 is 5.73 Å². The third kappa shape index (κ3) is 4.90. The molecule has 0 bridgehead atoms. The topological polar surface area (TPSA) is 84.9 Å². The van der Waals surface area contributed by atoms with E-state index in [1.54, 1.807) is 6.08 Å². The van der Waals surface area contributed by atoms with Gasteiger partial charge in [0.15, 0.2) is 6.29 Å². The minimum Gasteiger partial charge on any atom is -0.399 e. The van der Waals surface area contributed by atoms with Crippen molar-refractivity contribution in [2.75, 3.05) is 13.2 Å². The highest BCUT2D eigenvalue weighted by Crippen LogP contribution is 2.30. The van der Waals surface area contributed by atoms with Crippen molar-refractivity contribution in [1.82, 2.24) is 0 Å². The zero-order chi connectivity index (χ0) is 15.1. The minimum absolute atomic E-state index is 0.0895. The summed E-state index contributed by atoms with van der Waals surface area (Å²) in [5.74, 6) is -0.194. The van der Waals surface area contributed by atoms with Gasteiger partial charge in [0.05, 0.1) is 25.4 Å². The first-order valence-corrected chi connectivity index (χ1v) is 7.14. The Bertz CT molecular complexity index is 330. The van der Waals surface area contributed by atoms with Crippen LogP contribution in [0.2, 0.25) is 0 Å². The Morgan fingerprint density at radius 3 is 2.70 bits per heavy atom. The smallest absolute Gasteiger partial charge is 0.163 e. The van der Waals surface area contributed by atoms with E-state index < -0.39 is 12.4 Å². The van der Waals surface area contributed by atoms with Gasteiger partial charge in [-0.25, -0.2) is 0 Å². The molecule has 1 rings (SSSR count). The lowest BCUT2D eigenvalue weighted by Crippen LogP contribution is -2.51. The molecule has 20 heavy (non-hydrogen) atoms. The highest BCUT2D eigenvalue weighted by atomic mass is 16.7.